The van der Waals surface area contributed by atoms with Crippen LogP contribution in [-0.2, 0) is 14.3 Å². The molecule has 3 aromatic carbocycles. The first-order valence-corrected chi connectivity index (χ1v) is 12.6. The number of carbonyl (C=O) groups excluding carboxylic acids is 4. The molecule has 0 atom stereocenters. The number of hydrogen-bond acceptors (Lipinski definition) is 7. The highest BCUT2D eigenvalue weighted by molar-refractivity contribution is 6.53. The summed E-state index contributed by atoms with van der Waals surface area (Å²) in [6.45, 7) is 2.61. The molecule has 0 saturated heterocycles. The lowest BCUT2D eigenvalue weighted by atomic mass is 10.1. The standard InChI is InChI=1S/C29H26ClN3O6/c1-3-4-16-39-23-11-6-5-10-22(23)32-26(34)19-8-7-9-20(17-19)31-25-24(30)27(35)33(28(25)36)21-14-12-18(13-15-21)29(37)38-2/h5-15,17,31H,3-4,16H2,1-2H3,(H,32,34). The largest absolute Gasteiger partial charge is 0.491 e. The number of amides is 3. The quantitative estimate of drug-likeness (QED) is 0.200. The maximum atomic E-state index is 13.1. The fraction of sp³-hybridized carbons (Fsp3) is 0.172. The Morgan fingerprint density at radius 2 is 1.67 bits per heavy atom. The molecule has 0 saturated carbocycles. The molecule has 1 aliphatic rings. The Labute approximate surface area is 230 Å². The summed E-state index contributed by atoms with van der Waals surface area (Å²) in [7, 11) is 1.26. The third kappa shape index (κ3) is 6.10. The number of imide groups is 1. The molecule has 4 rings (SSSR count). The number of nitrogens with one attached hydrogen (secondary N) is 2. The van der Waals surface area contributed by atoms with E-state index in [9.17, 15) is 19.2 Å². The Morgan fingerprint density at radius 3 is 2.38 bits per heavy atom. The number of methoxy groups -OCH3 is 1. The van der Waals surface area contributed by atoms with Gasteiger partial charge in [0.2, 0.25) is 0 Å². The van der Waals surface area contributed by atoms with E-state index < -0.39 is 17.8 Å². The maximum Gasteiger partial charge on any atom is 0.337 e. The topological polar surface area (TPSA) is 114 Å². The van der Waals surface area contributed by atoms with Gasteiger partial charge >= 0.3 is 5.97 Å². The number of unbranched alkanes of at least 4 members (excludes halogenated alkanes) is 1. The summed E-state index contributed by atoms with van der Waals surface area (Å²) >= 11 is 6.24. The Balaban J connectivity index is 1.49. The minimum atomic E-state index is -0.719. The maximum absolute atomic E-state index is 13.1. The molecular formula is C29H26ClN3O6. The zero-order valence-electron chi connectivity index (χ0n) is 21.3. The van der Waals surface area contributed by atoms with Crippen LogP contribution in [0.3, 0.4) is 0 Å². The number of benzene rings is 3. The smallest absolute Gasteiger partial charge is 0.337 e. The van der Waals surface area contributed by atoms with Gasteiger partial charge in [-0.15, -0.1) is 0 Å². The third-order valence-electron chi connectivity index (χ3n) is 5.86. The molecule has 1 aliphatic heterocycles. The summed E-state index contributed by atoms with van der Waals surface area (Å²) in [4.78, 5) is 51.5. The van der Waals surface area contributed by atoms with Crippen molar-refractivity contribution in [1.29, 1.82) is 0 Å². The van der Waals surface area contributed by atoms with Crippen LogP contribution in [-0.4, -0.2) is 37.4 Å². The van der Waals surface area contributed by atoms with Crippen LogP contribution in [0.1, 0.15) is 40.5 Å². The average molecular weight is 548 g/mol. The summed E-state index contributed by atoms with van der Waals surface area (Å²) < 4.78 is 10.5. The first-order valence-electron chi connectivity index (χ1n) is 12.2. The second kappa shape index (κ2) is 12.3. The lowest BCUT2D eigenvalue weighted by molar-refractivity contribution is -0.120. The highest BCUT2D eigenvalue weighted by Crippen LogP contribution is 2.31. The van der Waals surface area contributed by atoms with E-state index in [1.165, 1.54) is 31.4 Å². The molecule has 200 valence electrons. The summed E-state index contributed by atoms with van der Waals surface area (Å²) in [6.07, 6.45) is 1.88. The molecule has 0 unspecified atom stereocenters. The first-order chi connectivity index (χ1) is 18.8. The Bertz CT molecular complexity index is 1450. The number of hydrogen-bond donors (Lipinski definition) is 2. The zero-order chi connectivity index (χ0) is 27.9. The molecule has 0 fully saturated rings. The van der Waals surface area contributed by atoms with Crippen LogP contribution in [0.15, 0.2) is 83.5 Å². The molecule has 0 aromatic heterocycles. The van der Waals surface area contributed by atoms with Crippen molar-refractivity contribution in [2.75, 3.05) is 29.3 Å². The van der Waals surface area contributed by atoms with Crippen LogP contribution < -0.4 is 20.3 Å². The van der Waals surface area contributed by atoms with Crippen molar-refractivity contribution in [3.63, 3.8) is 0 Å². The van der Waals surface area contributed by atoms with E-state index in [4.69, 9.17) is 16.3 Å². The van der Waals surface area contributed by atoms with Gasteiger partial charge in [0.1, 0.15) is 16.5 Å². The van der Waals surface area contributed by atoms with E-state index in [1.54, 1.807) is 42.5 Å². The molecule has 0 radical (unpaired) electrons. The summed E-state index contributed by atoms with van der Waals surface area (Å²) in [6, 6.07) is 19.4. The molecule has 9 nitrogen and oxygen atoms in total. The van der Waals surface area contributed by atoms with Crippen LogP contribution in [0.4, 0.5) is 17.1 Å². The van der Waals surface area contributed by atoms with Gasteiger partial charge in [-0.1, -0.05) is 43.1 Å². The number of anilines is 3. The number of nitrogens with zero attached hydrogens (tertiary/aromatic N) is 1. The zero-order valence-corrected chi connectivity index (χ0v) is 22.1. The molecule has 1 heterocycles. The molecule has 0 bridgehead atoms. The number of para-hydroxylation sites is 2. The van der Waals surface area contributed by atoms with Crippen molar-refractivity contribution in [1.82, 2.24) is 0 Å². The van der Waals surface area contributed by atoms with Crippen molar-refractivity contribution in [2.24, 2.45) is 0 Å². The van der Waals surface area contributed by atoms with E-state index in [2.05, 4.69) is 22.3 Å². The molecule has 3 amide bonds. The predicted octanol–water partition coefficient (Wildman–Crippen LogP) is 5.34. The SMILES string of the molecule is CCCCOc1ccccc1NC(=O)c1cccc(NC2=C(Cl)C(=O)N(c3ccc(C(=O)OC)cc3)C2=O)c1. The number of rotatable bonds is 10. The molecular weight excluding hydrogens is 522 g/mol. The van der Waals surface area contributed by atoms with Gasteiger partial charge < -0.3 is 20.1 Å². The van der Waals surface area contributed by atoms with Gasteiger partial charge in [0.15, 0.2) is 0 Å². The monoisotopic (exact) mass is 547 g/mol. The van der Waals surface area contributed by atoms with Crippen molar-refractivity contribution in [3.8, 4) is 5.75 Å². The molecule has 2 N–H and O–H groups in total. The van der Waals surface area contributed by atoms with Crippen molar-refractivity contribution < 1.29 is 28.7 Å². The first kappa shape index (κ1) is 27.4. The summed E-state index contributed by atoms with van der Waals surface area (Å²) in [5.41, 5.74) is 1.60. The number of halogens is 1. The lowest BCUT2D eigenvalue weighted by Gasteiger charge is -2.15. The van der Waals surface area contributed by atoms with Gasteiger partial charge in [0.05, 0.1) is 30.7 Å². The van der Waals surface area contributed by atoms with Gasteiger partial charge in [-0.25, -0.2) is 9.69 Å². The fourth-order valence-corrected chi connectivity index (χ4v) is 4.02. The van der Waals surface area contributed by atoms with Crippen molar-refractivity contribution in [2.45, 2.75) is 19.8 Å². The Hall–Kier alpha value is -4.63. The van der Waals surface area contributed by atoms with Crippen molar-refractivity contribution >= 4 is 52.4 Å². The number of esters is 1. The third-order valence-corrected chi connectivity index (χ3v) is 6.21. The number of ether oxygens (including phenoxy) is 2. The summed E-state index contributed by atoms with van der Waals surface area (Å²) in [5.74, 6) is -1.75. The van der Waals surface area contributed by atoms with Gasteiger partial charge in [0.25, 0.3) is 17.7 Å². The van der Waals surface area contributed by atoms with E-state index in [-0.39, 0.29) is 27.9 Å². The molecule has 0 spiro atoms. The highest BCUT2D eigenvalue weighted by atomic mass is 35.5. The van der Waals surface area contributed by atoms with Crippen LogP contribution in [0.2, 0.25) is 0 Å². The van der Waals surface area contributed by atoms with Gasteiger partial charge in [-0.2, -0.15) is 0 Å². The molecule has 0 aliphatic carbocycles. The van der Waals surface area contributed by atoms with Crippen LogP contribution in [0.25, 0.3) is 0 Å². The Kier molecular flexibility index (Phi) is 8.63. The van der Waals surface area contributed by atoms with Gasteiger partial charge in [0, 0.05) is 11.3 Å². The second-order valence-corrected chi connectivity index (χ2v) is 8.91. The second-order valence-electron chi connectivity index (χ2n) is 8.53. The van der Waals surface area contributed by atoms with Crippen LogP contribution in [0.5, 0.6) is 5.75 Å². The highest BCUT2D eigenvalue weighted by Gasteiger charge is 2.39. The van der Waals surface area contributed by atoms with Crippen molar-refractivity contribution in [3.05, 3.63) is 94.7 Å². The van der Waals surface area contributed by atoms with E-state index in [0.29, 0.717) is 29.3 Å². The minimum absolute atomic E-state index is 0.133. The predicted molar refractivity (Wildman–Crippen MR) is 148 cm³/mol. The number of carbonyl (C=O) groups is 4. The van der Waals surface area contributed by atoms with E-state index in [0.717, 1.165) is 17.7 Å². The Morgan fingerprint density at radius 1 is 0.923 bits per heavy atom. The summed E-state index contributed by atoms with van der Waals surface area (Å²) in [5, 5.41) is 5.42. The molecule has 10 heteroatoms. The van der Waals surface area contributed by atoms with Gasteiger partial charge in [-0.3, -0.25) is 14.4 Å². The normalized spacial score (nSPS) is 12.9. The van der Waals surface area contributed by atoms with Crippen LogP contribution >= 0.6 is 11.6 Å². The molecule has 3 aromatic rings. The minimum Gasteiger partial charge on any atom is -0.491 e. The molecule has 39 heavy (non-hydrogen) atoms. The van der Waals surface area contributed by atoms with Gasteiger partial charge in [-0.05, 0) is 61.0 Å². The van der Waals surface area contributed by atoms with E-state index >= 15 is 0 Å². The van der Waals surface area contributed by atoms with E-state index in [1.807, 2.05) is 6.07 Å². The average Bonchev–Trinajstić information content (AvgIpc) is 3.16. The fourth-order valence-electron chi connectivity index (χ4n) is 3.81. The lowest BCUT2D eigenvalue weighted by Crippen LogP contribution is -2.32. The van der Waals surface area contributed by atoms with Crippen LogP contribution in [0, 0.1) is 0 Å².